The number of hydrogen-bond donors (Lipinski definition) is 1. The summed E-state index contributed by atoms with van der Waals surface area (Å²) in [6.07, 6.45) is 2.57. The van der Waals surface area contributed by atoms with Crippen molar-refractivity contribution in [2.45, 2.75) is 26.9 Å². The van der Waals surface area contributed by atoms with Gasteiger partial charge in [-0.15, -0.1) is 11.3 Å². The topological polar surface area (TPSA) is 90.1 Å². The first kappa shape index (κ1) is 19.8. The van der Waals surface area contributed by atoms with E-state index in [1.165, 1.54) is 22.5 Å². The SMILES string of the molecule is Cc1cccc(Cc2cnc(NC(=O)c3ccccc3OCc3noc(C)n3)s2)c1. The van der Waals surface area contributed by atoms with E-state index in [2.05, 4.69) is 45.6 Å². The summed E-state index contributed by atoms with van der Waals surface area (Å²) >= 11 is 1.46. The Bertz CT molecular complexity index is 1170. The average Bonchev–Trinajstić information content (AvgIpc) is 3.35. The van der Waals surface area contributed by atoms with E-state index in [1.54, 1.807) is 37.4 Å². The van der Waals surface area contributed by atoms with E-state index in [1.807, 2.05) is 6.07 Å². The Morgan fingerprint density at radius 1 is 1.17 bits per heavy atom. The van der Waals surface area contributed by atoms with Gasteiger partial charge in [-0.05, 0) is 24.6 Å². The molecule has 7 nitrogen and oxygen atoms in total. The Morgan fingerprint density at radius 2 is 2.03 bits per heavy atom. The first-order chi connectivity index (χ1) is 14.6. The molecule has 2 heterocycles. The third-order valence-corrected chi connectivity index (χ3v) is 5.21. The maximum atomic E-state index is 12.8. The van der Waals surface area contributed by atoms with Gasteiger partial charge in [-0.25, -0.2) is 4.98 Å². The number of anilines is 1. The summed E-state index contributed by atoms with van der Waals surface area (Å²) in [5.41, 5.74) is 2.85. The Balaban J connectivity index is 1.42. The number of nitrogens with zero attached hydrogens (tertiary/aromatic N) is 3. The number of ether oxygens (including phenoxy) is 1. The summed E-state index contributed by atoms with van der Waals surface area (Å²) in [7, 11) is 0. The minimum absolute atomic E-state index is 0.111. The van der Waals surface area contributed by atoms with E-state index in [9.17, 15) is 4.79 Å². The second-order valence-electron chi connectivity index (χ2n) is 6.77. The van der Waals surface area contributed by atoms with Gasteiger partial charge in [0.25, 0.3) is 5.91 Å². The molecule has 0 aliphatic heterocycles. The maximum Gasteiger partial charge on any atom is 0.261 e. The van der Waals surface area contributed by atoms with Gasteiger partial charge in [-0.3, -0.25) is 10.1 Å². The highest BCUT2D eigenvalue weighted by Gasteiger charge is 2.15. The average molecular weight is 420 g/mol. The van der Waals surface area contributed by atoms with Crippen molar-refractivity contribution < 1.29 is 14.1 Å². The van der Waals surface area contributed by atoms with Crippen LogP contribution in [0.5, 0.6) is 5.75 Å². The number of nitrogens with one attached hydrogen (secondary N) is 1. The summed E-state index contributed by atoms with van der Waals surface area (Å²) in [6.45, 7) is 3.89. The van der Waals surface area contributed by atoms with Crippen molar-refractivity contribution in [3.05, 3.63) is 88.0 Å². The van der Waals surface area contributed by atoms with Gasteiger partial charge in [0.1, 0.15) is 5.75 Å². The van der Waals surface area contributed by atoms with Crippen LogP contribution in [0.1, 0.15) is 38.1 Å². The van der Waals surface area contributed by atoms with Crippen LogP contribution in [-0.4, -0.2) is 21.0 Å². The highest BCUT2D eigenvalue weighted by Crippen LogP contribution is 2.24. The van der Waals surface area contributed by atoms with Gasteiger partial charge in [0.05, 0.1) is 5.56 Å². The molecule has 0 spiro atoms. The van der Waals surface area contributed by atoms with Gasteiger partial charge < -0.3 is 9.26 Å². The van der Waals surface area contributed by atoms with Crippen LogP contribution in [0.2, 0.25) is 0 Å². The fraction of sp³-hybridized carbons (Fsp3) is 0.182. The Labute approximate surface area is 177 Å². The predicted molar refractivity (Wildman–Crippen MR) is 114 cm³/mol. The molecule has 0 atom stereocenters. The Kier molecular flexibility index (Phi) is 5.85. The first-order valence-electron chi connectivity index (χ1n) is 9.39. The van der Waals surface area contributed by atoms with Crippen molar-refractivity contribution in [3.8, 4) is 5.75 Å². The molecule has 0 bridgehead atoms. The molecule has 152 valence electrons. The lowest BCUT2D eigenvalue weighted by Gasteiger charge is -2.09. The number of para-hydroxylation sites is 1. The molecule has 0 aliphatic carbocycles. The van der Waals surface area contributed by atoms with Crippen molar-refractivity contribution >= 4 is 22.4 Å². The van der Waals surface area contributed by atoms with E-state index in [-0.39, 0.29) is 12.5 Å². The molecule has 0 fully saturated rings. The molecular weight excluding hydrogens is 400 g/mol. The highest BCUT2D eigenvalue weighted by molar-refractivity contribution is 7.15. The smallest absolute Gasteiger partial charge is 0.261 e. The molecule has 0 radical (unpaired) electrons. The Hall–Kier alpha value is -3.52. The minimum atomic E-state index is -0.286. The van der Waals surface area contributed by atoms with Crippen LogP contribution >= 0.6 is 11.3 Å². The van der Waals surface area contributed by atoms with Crippen LogP contribution in [0.3, 0.4) is 0 Å². The van der Waals surface area contributed by atoms with E-state index in [0.717, 1.165) is 11.3 Å². The molecule has 4 aromatic rings. The number of aryl methyl sites for hydroxylation is 2. The van der Waals surface area contributed by atoms with Crippen LogP contribution in [0.25, 0.3) is 0 Å². The van der Waals surface area contributed by atoms with E-state index >= 15 is 0 Å². The Morgan fingerprint density at radius 3 is 2.83 bits per heavy atom. The number of benzene rings is 2. The summed E-state index contributed by atoms with van der Waals surface area (Å²) < 4.78 is 10.7. The number of carbonyl (C=O) groups is 1. The molecule has 0 unspecified atom stereocenters. The number of hydrogen-bond acceptors (Lipinski definition) is 7. The van der Waals surface area contributed by atoms with Gasteiger partial charge in [0, 0.05) is 24.4 Å². The second-order valence-corrected chi connectivity index (χ2v) is 7.88. The van der Waals surface area contributed by atoms with E-state index in [4.69, 9.17) is 9.26 Å². The molecule has 8 heteroatoms. The summed E-state index contributed by atoms with van der Waals surface area (Å²) in [5.74, 6) is 1.04. The molecule has 2 aromatic carbocycles. The minimum Gasteiger partial charge on any atom is -0.485 e. The zero-order valence-corrected chi connectivity index (χ0v) is 17.4. The van der Waals surface area contributed by atoms with Crippen molar-refractivity contribution in [2.75, 3.05) is 5.32 Å². The molecular formula is C22H20N4O3S. The fourth-order valence-corrected chi connectivity index (χ4v) is 3.80. The number of carbonyl (C=O) groups excluding carboxylic acids is 1. The lowest BCUT2D eigenvalue weighted by Crippen LogP contribution is -2.13. The molecule has 0 saturated heterocycles. The number of aromatic nitrogens is 3. The monoisotopic (exact) mass is 420 g/mol. The highest BCUT2D eigenvalue weighted by atomic mass is 32.1. The molecule has 30 heavy (non-hydrogen) atoms. The van der Waals surface area contributed by atoms with Crippen molar-refractivity contribution in [2.24, 2.45) is 0 Å². The summed E-state index contributed by atoms with van der Waals surface area (Å²) in [4.78, 5) is 22.3. The van der Waals surface area contributed by atoms with Crippen molar-refractivity contribution in [3.63, 3.8) is 0 Å². The third kappa shape index (κ3) is 4.90. The number of amides is 1. The molecule has 0 saturated carbocycles. The van der Waals surface area contributed by atoms with Crippen LogP contribution in [0.4, 0.5) is 5.13 Å². The molecule has 1 N–H and O–H groups in total. The molecule has 4 rings (SSSR count). The standard InChI is InChI=1S/C22H20N4O3S/c1-14-6-5-7-16(10-14)11-17-12-23-22(30-17)25-21(27)18-8-3-4-9-19(18)28-13-20-24-15(2)29-26-20/h3-10,12H,11,13H2,1-2H3,(H,23,25,27). The fourth-order valence-electron chi connectivity index (χ4n) is 2.96. The first-order valence-corrected chi connectivity index (χ1v) is 10.2. The van der Waals surface area contributed by atoms with Gasteiger partial charge in [-0.1, -0.05) is 47.1 Å². The largest absolute Gasteiger partial charge is 0.485 e. The molecule has 1 amide bonds. The number of thiazole rings is 1. The van der Waals surface area contributed by atoms with Gasteiger partial charge >= 0.3 is 0 Å². The lowest BCUT2D eigenvalue weighted by atomic mass is 10.1. The van der Waals surface area contributed by atoms with Crippen LogP contribution < -0.4 is 10.1 Å². The zero-order chi connectivity index (χ0) is 20.9. The van der Waals surface area contributed by atoms with Crippen molar-refractivity contribution in [1.82, 2.24) is 15.1 Å². The molecule has 0 aliphatic rings. The number of rotatable bonds is 7. The van der Waals surface area contributed by atoms with E-state index in [0.29, 0.717) is 28.2 Å². The van der Waals surface area contributed by atoms with Gasteiger partial charge in [0.15, 0.2) is 11.7 Å². The van der Waals surface area contributed by atoms with Crippen LogP contribution in [0.15, 0.2) is 59.3 Å². The van der Waals surface area contributed by atoms with Crippen molar-refractivity contribution in [1.29, 1.82) is 0 Å². The second kappa shape index (κ2) is 8.87. The van der Waals surface area contributed by atoms with Gasteiger partial charge in [0.2, 0.25) is 11.7 Å². The lowest BCUT2D eigenvalue weighted by molar-refractivity contribution is 0.102. The van der Waals surface area contributed by atoms with Gasteiger partial charge in [-0.2, -0.15) is 4.98 Å². The maximum absolute atomic E-state index is 12.8. The van der Waals surface area contributed by atoms with Crippen LogP contribution in [-0.2, 0) is 13.0 Å². The summed E-state index contributed by atoms with van der Waals surface area (Å²) in [6, 6.07) is 15.4. The predicted octanol–water partition coefficient (Wildman–Crippen LogP) is 4.57. The van der Waals surface area contributed by atoms with E-state index < -0.39 is 0 Å². The summed E-state index contributed by atoms with van der Waals surface area (Å²) in [5, 5.41) is 7.20. The van der Waals surface area contributed by atoms with Crippen LogP contribution in [0, 0.1) is 13.8 Å². The quantitative estimate of drug-likeness (QED) is 0.471. The third-order valence-electron chi connectivity index (χ3n) is 4.29. The zero-order valence-electron chi connectivity index (χ0n) is 16.6. The normalized spacial score (nSPS) is 10.7. The molecule has 2 aromatic heterocycles.